The van der Waals surface area contributed by atoms with E-state index in [1.165, 1.54) is 6.42 Å². The Labute approximate surface area is 120 Å². The fourth-order valence-electron chi connectivity index (χ4n) is 1.43. The summed E-state index contributed by atoms with van der Waals surface area (Å²) in [6.07, 6.45) is 1.08. The van der Waals surface area contributed by atoms with Crippen LogP contribution >= 0.6 is 0 Å². The highest BCUT2D eigenvalue weighted by molar-refractivity contribution is 5.67. The maximum absolute atomic E-state index is 11.8. The Morgan fingerprint density at radius 2 is 1.26 bits per heavy atom. The smallest absolute Gasteiger partial charge is 0.409 e. The number of rotatable bonds is 6. The molecule has 116 valence electrons. The van der Waals surface area contributed by atoms with Crippen LogP contribution in [0.15, 0.2) is 0 Å². The fourth-order valence-corrected chi connectivity index (χ4v) is 1.43. The Bertz CT molecular complexity index is 203. The molecule has 0 spiro atoms. The predicted octanol–water partition coefficient (Wildman–Crippen LogP) is 4.81. The predicted molar refractivity (Wildman–Crippen MR) is 83.4 cm³/mol. The minimum atomic E-state index is -0.170. The summed E-state index contributed by atoms with van der Waals surface area (Å²) in [4.78, 5) is 13.6. The van der Waals surface area contributed by atoms with E-state index in [1.54, 1.807) is 0 Å². The lowest BCUT2D eigenvalue weighted by Gasteiger charge is -2.26. The molecule has 0 N–H and O–H groups in total. The summed E-state index contributed by atoms with van der Waals surface area (Å²) in [5.74, 6) is 1.35. The van der Waals surface area contributed by atoms with E-state index in [0.717, 1.165) is 13.1 Å². The molecular formula is C16H35NO2. The van der Waals surface area contributed by atoms with Crippen molar-refractivity contribution in [3.05, 3.63) is 0 Å². The van der Waals surface area contributed by atoms with Gasteiger partial charge in [0.05, 0.1) is 6.61 Å². The van der Waals surface area contributed by atoms with Crippen molar-refractivity contribution in [2.75, 3.05) is 19.7 Å². The zero-order valence-electron chi connectivity index (χ0n) is 14.3. The normalized spacial score (nSPS) is 10.5. The van der Waals surface area contributed by atoms with Crippen molar-refractivity contribution in [1.29, 1.82) is 0 Å². The quantitative estimate of drug-likeness (QED) is 0.695. The molecule has 0 atom stereocenters. The van der Waals surface area contributed by atoms with E-state index in [2.05, 4.69) is 41.5 Å². The van der Waals surface area contributed by atoms with E-state index >= 15 is 0 Å². The molecule has 0 rings (SSSR count). The first-order valence-corrected chi connectivity index (χ1v) is 7.66. The molecule has 0 heterocycles. The molecular weight excluding hydrogens is 238 g/mol. The van der Waals surface area contributed by atoms with Gasteiger partial charge >= 0.3 is 6.09 Å². The van der Waals surface area contributed by atoms with Crippen molar-refractivity contribution in [2.24, 2.45) is 17.8 Å². The molecule has 0 saturated heterocycles. The molecule has 0 fully saturated rings. The molecule has 0 aliphatic carbocycles. The van der Waals surface area contributed by atoms with Crippen molar-refractivity contribution in [3.63, 3.8) is 0 Å². The molecule has 0 saturated carbocycles. The van der Waals surface area contributed by atoms with Gasteiger partial charge in [0.2, 0.25) is 0 Å². The summed E-state index contributed by atoms with van der Waals surface area (Å²) in [7, 11) is 0. The van der Waals surface area contributed by atoms with Gasteiger partial charge in [0.1, 0.15) is 0 Å². The molecule has 0 aliphatic heterocycles. The van der Waals surface area contributed by atoms with E-state index in [0.29, 0.717) is 24.4 Å². The highest BCUT2D eigenvalue weighted by atomic mass is 16.6. The molecule has 0 radical (unpaired) electrons. The van der Waals surface area contributed by atoms with E-state index < -0.39 is 0 Å². The van der Waals surface area contributed by atoms with E-state index in [4.69, 9.17) is 4.74 Å². The van der Waals surface area contributed by atoms with Crippen LogP contribution < -0.4 is 0 Å². The van der Waals surface area contributed by atoms with Crippen LogP contribution in [0.1, 0.15) is 61.8 Å². The minimum absolute atomic E-state index is 0.170. The summed E-state index contributed by atoms with van der Waals surface area (Å²) in [6.45, 7) is 18.8. The van der Waals surface area contributed by atoms with Crippen molar-refractivity contribution in [2.45, 2.75) is 61.8 Å². The maximum Gasteiger partial charge on any atom is 0.409 e. The Hall–Kier alpha value is -0.730. The number of carbonyl (C=O) groups excluding carboxylic acids is 1. The SMILES string of the molecule is CC(C)COC(=O)N(CC(C)C)CC(C)C.CCC. The summed E-state index contributed by atoms with van der Waals surface area (Å²) < 4.78 is 5.25. The Morgan fingerprint density at radius 3 is 1.53 bits per heavy atom. The lowest BCUT2D eigenvalue weighted by atomic mass is 10.1. The van der Waals surface area contributed by atoms with Gasteiger partial charge in [-0.3, -0.25) is 0 Å². The first kappa shape index (κ1) is 20.6. The van der Waals surface area contributed by atoms with Crippen molar-refractivity contribution >= 4 is 6.09 Å². The fraction of sp³-hybridized carbons (Fsp3) is 0.938. The molecule has 3 heteroatoms. The third-order valence-electron chi connectivity index (χ3n) is 1.97. The van der Waals surface area contributed by atoms with Crippen molar-refractivity contribution < 1.29 is 9.53 Å². The Balaban J connectivity index is 0. The van der Waals surface area contributed by atoms with Crippen LogP contribution in [-0.4, -0.2) is 30.7 Å². The summed E-state index contributed by atoms with van der Waals surface area (Å²) in [5, 5.41) is 0. The van der Waals surface area contributed by atoms with E-state index in [9.17, 15) is 4.79 Å². The second-order valence-corrected chi connectivity index (χ2v) is 6.37. The van der Waals surface area contributed by atoms with Crippen LogP contribution in [0.25, 0.3) is 0 Å². The largest absolute Gasteiger partial charge is 0.449 e. The topological polar surface area (TPSA) is 29.5 Å². The molecule has 19 heavy (non-hydrogen) atoms. The summed E-state index contributed by atoms with van der Waals surface area (Å²) in [5.41, 5.74) is 0. The highest BCUT2D eigenvalue weighted by Crippen LogP contribution is 2.06. The first-order valence-electron chi connectivity index (χ1n) is 7.66. The number of ether oxygens (including phenoxy) is 1. The molecule has 0 aromatic carbocycles. The number of hydrogen-bond acceptors (Lipinski definition) is 2. The van der Waals surface area contributed by atoms with Gasteiger partial charge in [0, 0.05) is 13.1 Å². The van der Waals surface area contributed by atoms with E-state index in [-0.39, 0.29) is 6.09 Å². The Kier molecular flexibility index (Phi) is 13.3. The second kappa shape index (κ2) is 12.3. The standard InChI is InChI=1S/C13H27NO2.C3H8/c1-10(2)7-14(8-11(3)4)13(15)16-9-12(5)6;1-3-2/h10-12H,7-9H2,1-6H3;3H2,1-2H3. The lowest BCUT2D eigenvalue weighted by molar-refractivity contribution is 0.0840. The highest BCUT2D eigenvalue weighted by Gasteiger charge is 2.17. The summed E-state index contributed by atoms with van der Waals surface area (Å²) in [6, 6.07) is 0. The molecule has 0 aromatic heterocycles. The Morgan fingerprint density at radius 1 is 0.895 bits per heavy atom. The van der Waals surface area contributed by atoms with Gasteiger partial charge in [-0.25, -0.2) is 4.79 Å². The zero-order chi connectivity index (χ0) is 15.4. The van der Waals surface area contributed by atoms with Crippen LogP contribution in [0, 0.1) is 17.8 Å². The second-order valence-electron chi connectivity index (χ2n) is 6.37. The van der Waals surface area contributed by atoms with Crippen LogP contribution in [-0.2, 0) is 4.74 Å². The van der Waals surface area contributed by atoms with Gasteiger partial charge in [-0.2, -0.15) is 0 Å². The molecule has 0 bridgehead atoms. The number of carbonyl (C=O) groups is 1. The first-order chi connectivity index (χ1) is 8.74. The summed E-state index contributed by atoms with van der Waals surface area (Å²) >= 11 is 0. The van der Waals surface area contributed by atoms with Gasteiger partial charge in [0.15, 0.2) is 0 Å². The molecule has 1 amide bonds. The molecule has 0 unspecified atom stereocenters. The maximum atomic E-state index is 11.8. The average Bonchev–Trinajstić information content (AvgIpc) is 2.24. The third kappa shape index (κ3) is 15.2. The molecule has 3 nitrogen and oxygen atoms in total. The number of hydrogen-bond donors (Lipinski definition) is 0. The van der Waals surface area contributed by atoms with Crippen molar-refractivity contribution in [3.8, 4) is 0 Å². The van der Waals surface area contributed by atoms with E-state index in [1.807, 2.05) is 18.7 Å². The van der Waals surface area contributed by atoms with Gasteiger partial charge in [-0.05, 0) is 17.8 Å². The third-order valence-corrected chi connectivity index (χ3v) is 1.97. The van der Waals surface area contributed by atoms with Gasteiger partial charge in [0.25, 0.3) is 0 Å². The van der Waals surface area contributed by atoms with Gasteiger partial charge in [-0.15, -0.1) is 0 Å². The average molecular weight is 273 g/mol. The van der Waals surface area contributed by atoms with Gasteiger partial charge < -0.3 is 9.64 Å². The van der Waals surface area contributed by atoms with Crippen LogP contribution in [0.4, 0.5) is 4.79 Å². The molecule has 0 aliphatic rings. The minimum Gasteiger partial charge on any atom is -0.449 e. The number of amides is 1. The van der Waals surface area contributed by atoms with Crippen LogP contribution in [0.3, 0.4) is 0 Å². The molecule has 0 aromatic rings. The zero-order valence-corrected chi connectivity index (χ0v) is 14.3. The number of nitrogens with zero attached hydrogens (tertiary/aromatic N) is 1. The van der Waals surface area contributed by atoms with Gasteiger partial charge in [-0.1, -0.05) is 61.8 Å². The lowest BCUT2D eigenvalue weighted by Crippen LogP contribution is -2.37. The van der Waals surface area contributed by atoms with Crippen LogP contribution in [0.2, 0.25) is 0 Å². The van der Waals surface area contributed by atoms with Crippen molar-refractivity contribution in [1.82, 2.24) is 4.90 Å². The monoisotopic (exact) mass is 273 g/mol. The van der Waals surface area contributed by atoms with Crippen LogP contribution in [0.5, 0.6) is 0 Å².